The van der Waals surface area contributed by atoms with Gasteiger partial charge in [0.1, 0.15) is 5.65 Å². The molecule has 1 aromatic carbocycles. The summed E-state index contributed by atoms with van der Waals surface area (Å²) in [7, 11) is 0. The minimum atomic E-state index is 0.490. The van der Waals surface area contributed by atoms with Gasteiger partial charge in [0.15, 0.2) is 5.96 Å². The number of hydrogen-bond donors (Lipinski definition) is 2. The Kier molecular flexibility index (Phi) is 4.88. The smallest absolute Gasteiger partial charge is 0.188 e. The highest BCUT2D eigenvalue weighted by Gasteiger charge is 2.00. The topological polar surface area (TPSA) is 67.7 Å². The van der Waals surface area contributed by atoms with Crippen molar-refractivity contribution in [3.05, 3.63) is 72.2 Å². The Labute approximate surface area is 135 Å². The van der Waals surface area contributed by atoms with E-state index < -0.39 is 0 Å². The number of hydrogen-bond acceptors (Lipinski definition) is 2. The SMILES string of the molecule is NC(=NCCc1cn2ccccc2n1)NCCc1ccccc1. The first-order chi connectivity index (χ1) is 11.3. The molecule has 5 heteroatoms. The maximum Gasteiger partial charge on any atom is 0.188 e. The van der Waals surface area contributed by atoms with Gasteiger partial charge in [0, 0.05) is 31.9 Å². The van der Waals surface area contributed by atoms with Gasteiger partial charge in [0.25, 0.3) is 0 Å². The molecule has 0 atom stereocenters. The van der Waals surface area contributed by atoms with E-state index in [-0.39, 0.29) is 0 Å². The van der Waals surface area contributed by atoms with E-state index in [1.54, 1.807) is 0 Å². The molecular weight excluding hydrogens is 286 g/mol. The Balaban J connectivity index is 1.44. The van der Waals surface area contributed by atoms with E-state index in [1.807, 2.05) is 53.2 Å². The van der Waals surface area contributed by atoms with Gasteiger partial charge in [-0.05, 0) is 24.1 Å². The summed E-state index contributed by atoms with van der Waals surface area (Å²) in [6.45, 7) is 1.42. The first-order valence-corrected chi connectivity index (χ1v) is 7.81. The fraction of sp³-hybridized carbons (Fsp3) is 0.222. The molecule has 0 radical (unpaired) electrons. The Morgan fingerprint density at radius 3 is 2.74 bits per heavy atom. The normalized spacial score (nSPS) is 11.7. The summed E-state index contributed by atoms with van der Waals surface area (Å²) in [4.78, 5) is 8.90. The molecule has 3 rings (SSSR count). The first kappa shape index (κ1) is 15.1. The molecule has 118 valence electrons. The number of aliphatic imine (C=N–C) groups is 1. The van der Waals surface area contributed by atoms with Gasteiger partial charge in [-0.25, -0.2) is 4.98 Å². The fourth-order valence-electron chi connectivity index (χ4n) is 2.43. The first-order valence-electron chi connectivity index (χ1n) is 7.81. The third-order valence-corrected chi connectivity index (χ3v) is 3.63. The van der Waals surface area contributed by atoms with E-state index in [0.717, 1.165) is 30.7 Å². The van der Waals surface area contributed by atoms with Crippen molar-refractivity contribution in [2.24, 2.45) is 10.7 Å². The van der Waals surface area contributed by atoms with Crippen LogP contribution in [0.4, 0.5) is 0 Å². The standard InChI is InChI=1S/C18H21N5/c19-18(20-11-9-15-6-2-1-3-7-15)21-12-10-16-14-23-13-5-4-8-17(23)22-16/h1-8,13-14H,9-12H2,(H3,19,20,21). The number of nitrogens with two attached hydrogens (primary N) is 1. The highest BCUT2D eigenvalue weighted by atomic mass is 15.1. The number of guanidine groups is 1. The Hall–Kier alpha value is -2.82. The second-order valence-corrected chi connectivity index (χ2v) is 5.38. The summed E-state index contributed by atoms with van der Waals surface area (Å²) >= 11 is 0. The van der Waals surface area contributed by atoms with E-state index >= 15 is 0 Å². The van der Waals surface area contributed by atoms with Crippen LogP contribution in [0.3, 0.4) is 0 Å². The second-order valence-electron chi connectivity index (χ2n) is 5.38. The summed E-state index contributed by atoms with van der Waals surface area (Å²) in [6.07, 6.45) is 5.74. The lowest BCUT2D eigenvalue weighted by atomic mass is 10.1. The van der Waals surface area contributed by atoms with Crippen LogP contribution in [-0.4, -0.2) is 28.4 Å². The minimum absolute atomic E-state index is 0.490. The highest BCUT2D eigenvalue weighted by Crippen LogP contribution is 2.05. The molecule has 0 aliphatic heterocycles. The van der Waals surface area contributed by atoms with Gasteiger partial charge in [-0.1, -0.05) is 36.4 Å². The molecule has 0 aliphatic rings. The lowest BCUT2D eigenvalue weighted by Crippen LogP contribution is -2.33. The van der Waals surface area contributed by atoms with Crippen LogP contribution in [-0.2, 0) is 12.8 Å². The number of aromatic nitrogens is 2. The van der Waals surface area contributed by atoms with E-state index in [9.17, 15) is 0 Å². The molecule has 2 aromatic heterocycles. The number of benzene rings is 1. The zero-order valence-electron chi connectivity index (χ0n) is 13.0. The van der Waals surface area contributed by atoms with Gasteiger partial charge in [-0.15, -0.1) is 0 Å². The lowest BCUT2D eigenvalue weighted by molar-refractivity contribution is 0.841. The van der Waals surface area contributed by atoms with Gasteiger partial charge < -0.3 is 15.5 Å². The van der Waals surface area contributed by atoms with Gasteiger partial charge in [-0.2, -0.15) is 0 Å². The lowest BCUT2D eigenvalue weighted by Gasteiger charge is -2.05. The highest BCUT2D eigenvalue weighted by molar-refractivity contribution is 5.77. The number of pyridine rings is 1. The number of nitrogens with zero attached hydrogens (tertiary/aromatic N) is 3. The molecule has 23 heavy (non-hydrogen) atoms. The van der Waals surface area contributed by atoms with Crippen molar-refractivity contribution >= 4 is 11.6 Å². The molecule has 0 unspecified atom stereocenters. The molecule has 0 fully saturated rings. The van der Waals surface area contributed by atoms with Gasteiger partial charge in [0.05, 0.1) is 5.69 Å². The Morgan fingerprint density at radius 1 is 1.09 bits per heavy atom. The third kappa shape index (κ3) is 4.32. The van der Waals surface area contributed by atoms with Gasteiger partial charge >= 0.3 is 0 Å². The van der Waals surface area contributed by atoms with Crippen molar-refractivity contribution in [2.75, 3.05) is 13.1 Å². The predicted molar refractivity (Wildman–Crippen MR) is 93.5 cm³/mol. The zero-order chi connectivity index (χ0) is 15.9. The summed E-state index contributed by atoms with van der Waals surface area (Å²) in [5.74, 6) is 0.490. The number of imidazole rings is 1. The molecule has 0 bridgehead atoms. The molecule has 0 saturated heterocycles. The predicted octanol–water partition coefficient (Wildman–Crippen LogP) is 2.02. The van der Waals surface area contributed by atoms with Crippen molar-refractivity contribution in [2.45, 2.75) is 12.8 Å². The van der Waals surface area contributed by atoms with E-state index in [4.69, 9.17) is 5.73 Å². The molecule has 3 N–H and O–H groups in total. The summed E-state index contributed by atoms with van der Waals surface area (Å²) in [5.41, 5.74) is 9.16. The van der Waals surface area contributed by atoms with Crippen LogP contribution in [0.2, 0.25) is 0 Å². The average Bonchev–Trinajstić information content (AvgIpc) is 2.98. The van der Waals surface area contributed by atoms with Crippen molar-refractivity contribution in [1.29, 1.82) is 0 Å². The Bertz CT molecular complexity index is 743. The number of rotatable bonds is 6. The van der Waals surface area contributed by atoms with E-state index in [2.05, 4.69) is 27.4 Å². The van der Waals surface area contributed by atoms with Crippen LogP contribution in [0.5, 0.6) is 0 Å². The molecule has 0 amide bonds. The fourth-order valence-corrected chi connectivity index (χ4v) is 2.43. The average molecular weight is 307 g/mol. The van der Waals surface area contributed by atoms with Gasteiger partial charge in [0.2, 0.25) is 0 Å². The van der Waals surface area contributed by atoms with Crippen molar-refractivity contribution < 1.29 is 0 Å². The molecule has 5 nitrogen and oxygen atoms in total. The summed E-state index contributed by atoms with van der Waals surface area (Å²) in [5, 5.41) is 3.15. The molecule has 0 spiro atoms. The van der Waals surface area contributed by atoms with Crippen molar-refractivity contribution in [3.63, 3.8) is 0 Å². The van der Waals surface area contributed by atoms with Crippen LogP contribution in [0.1, 0.15) is 11.3 Å². The summed E-state index contributed by atoms with van der Waals surface area (Å²) in [6, 6.07) is 16.3. The van der Waals surface area contributed by atoms with Gasteiger partial charge in [-0.3, -0.25) is 4.99 Å². The summed E-state index contributed by atoms with van der Waals surface area (Å²) < 4.78 is 2.01. The molecule has 0 aliphatic carbocycles. The van der Waals surface area contributed by atoms with Crippen molar-refractivity contribution in [1.82, 2.24) is 14.7 Å². The van der Waals surface area contributed by atoms with Crippen LogP contribution < -0.4 is 11.1 Å². The minimum Gasteiger partial charge on any atom is -0.370 e. The molecule has 2 heterocycles. The zero-order valence-corrected chi connectivity index (χ0v) is 13.0. The molecule has 0 saturated carbocycles. The third-order valence-electron chi connectivity index (χ3n) is 3.63. The van der Waals surface area contributed by atoms with Crippen LogP contribution in [0, 0.1) is 0 Å². The van der Waals surface area contributed by atoms with E-state index in [1.165, 1.54) is 5.56 Å². The maximum atomic E-state index is 5.89. The largest absolute Gasteiger partial charge is 0.370 e. The second kappa shape index (κ2) is 7.45. The molecule has 3 aromatic rings. The van der Waals surface area contributed by atoms with E-state index in [0.29, 0.717) is 12.5 Å². The maximum absolute atomic E-state index is 5.89. The monoisotopic (exact) mass is 307 g/mol. The molecular formula is C18H21N5. The quantitative estimate of drug-likeness (QED) is 0.541. The van der Waals surface area contributed by atoms with Crippen LogP contribution in [0.15, 0.2) is 65.9 Å². The number of nitrogens with one attached hydrogen (secondary N) is 1. The van der Waals surface area contributed by atoms with Crippen LogP contribution in [0.25, 0.3) is 5.65 Å². The van der Waals surface area contributed by atoms with Crippen LogP contribution >= 0.6 is 0 Å². The number of fused-ring (bicyclic) bond motifs is 1. The Morgan fingerprint density at radius 2 is 1.91 bits per heavy atom. The van der Waals surface area contributed by atoms with Crippen molar-refractivity contribution in [3.8, 4) is 0 Å².